The van der Waals surface area contributed by atoms with Gasteiger partial charge < -0.3 is 0 Å². The molecule has 2 heterocycles. The molecule has 4 heteroatoms. The van der Waals surface area contributed by atoms with E-state index in [1.165, 1.54) is 5.56 Å². The van der Waals surface area contributed by atoms with Gasteiger partial charge in [-0.1, -0.05) is 41.4 Å². The molecule has 0 aliphatic carbocycles. The summed E-state index contributed by atoms with van der Waals surface area (Å²) in [6.07, 6.45) is 0. The molecule has 0 aliphatic rings. The zero-order valence-corrected chi connectivity index (χ0v) is 11.9. The maximum Gasteiger partial charge on any atom is 0.157 e. The van der Waals surface area contributed by atoms with Crippen molar-refractivity contribution in [2.45, 2.75) is 20.8 Å². The standard InChI is InChI=1S/C15H14ClN3/c1-9-4-6-12(7-5-9)13-8-14-17-11(3)10(2)15(16)19(14)18-13/h4-8H,1-3H3. The molecule has 3 nitrogen and oxygen atoms in total. The molecule has 0 spiro atoms. The third kappa shape index (κ3) is 2.00. The largest absolute Gasteiger partial charge is 0.233 e. The van der Waals surface area contributed by atoms with Crippen molar-refractivity contribution in [1.82, 2.24) is 14.6 Å². The van der Waals surface area contributed by atoms with Gasteiger partial charge in [0, 0.05) is 22.9 Å². The summed E-state index contributed by atoms with van der Waals surface area (Å²) in [5.74, 6) is 0. The van der Waals surface area contributed by atoms with Crippen LogP contribution in [0.3, 0.4) is 0 Å². The Hall–Kier alpha value is -1.87. The van der Waals surface area contributed by atoms with E-state index < -0.39 is 0 Å². The highest BCUT2D eigenvalue weighted by atomic mass is 35.5. The zero-order chi connectivity index (χ0) is 13.6. The minimum Gasteiger partial charge on any atom is -0.233 e. The van der Waals surface area contributed by atoms with E-state index in [0.717, 1.165) is 28.2 Å². The molecule has 0 N–H and O–H groups in total. The molecule has 2 aromatic heterocycles. The molecule has 96 valence electrons. The summed E-state index contributed by atoms with van der Waals surface area (Å²) in [5, 5.41) is 5.16. The van der Waals surface area contributed by atoms with Crippen LogP contribution in [0.25, 0.3) is 16.9 Å². The number of aromatic nitrogens is 3. The van der Waals surface area contributed by atoms with E-state index in [1.807, 2.05) is 19.9 Å². The van der Waals surface area contributed by atoms with Crippen molar-refractivity contribution >= 4 is 17.2 Å². The third-order valence-electron chi connectivity index (χ3n) is 3.36. The second-order valence-electron chi connectivity index (χ2n) is 4.78. The Balaban J connectivity index is 2.22. The van der Waals surface area contributed by atoms with Crippen LogP contribution in [0.5, 0.6) is 0 Å². The van der Waals surface area contributed by atoms with E-state index in [2.05, 4.69) is 41.3 Å². The Labute approximate surface area is 116 Å². The first-order valence-electron chi connectivity index (χ1n) is 6.16. The Bertz CT molecular complexity index is 757. The lowest BCUT2D eigenvalue weighted by Crippen LogP contribution is -1.98. The highest BCUT2D eigenvalue weighted by Gasteiger charge is 2.11. The van der Waals surface area contributed by atoms with Gasteiger partial charge in [-0.05, 0) is 20.8 Å². The molecule has 3 rings (SSSR count). The van der Waals surface area contributed by atoms with Gasteiger partial charge in [0.1, 0.15) is 5.15 Å². The first-order valence-corrected chi connectivity index (χ1v) is 6.53. The molecule has 19 heavy (non-hydrogen) atoms. The minimum absolute atomic E-state index is 0.626. The highest BCUT2D eigenvalue weighted by Crippen LogP contribution is 2.24. The molecule has 0 fully saturated rings. The molecule has 0 unspecified atom stereocenters. The fourth-order valence-corrected chi connectivity index (χ4v) is 2.29. The van der Waals surface area contributed by atoms with Crippen molar-refractivity contribution in [2.75, 3.05) is 0 Å². The summed E-state index contributed by atoms with van der Waals surface area (Å²) in [4.78, 5) is 4.52. The zero-order valence-electron chi connectivity index (χ0n) is 11.1. The number of benzene rings is 1. The second-order valence-corrected chi connectivity index (χ2v) is 5.14. The van der Waals surface area contributed by atoms with Gasteiger partial charge in [0.2, 0.25) is 0 Å². The van der Waals surface area contributed by atoms with E-state index in [4.69, 9.17) is 11.6 Å². The highest BCUT2D eigenvalue weighted by molar-refractivity contribution is 6.30. The minimum atomic E-state index is 0.626. The van der Waals surface area contributed by atoms with Crippen LogP contribution in [-0.2, 0) is 0 Å². The van der Waals surface area contributed by atoms with Crippen LogP contribution in [0.1, 0.15) is 16.8 Å². The first-order chi connectivity index (χ1) is 9.06. The average molecular weight is 272 g/mol. The van der Waals surface area contributed by atoms with E-state index in [0.29, 0.717) is 5.15 Å². The maximum atomic E-state index is 6.32. The normalized spacial score (nSPS) is 11.2. The Kier molecular flexibility index (Phi) is 2.79. The van der Waals surface area contributed by atoms with Crippen molar-refractivity contribution in [3.8, 4) is 11.3 Å². The lowest BCUT2D eigenvalue weighted by Gasteiger charge is -2.03. The van der Waals surface area contributed by atoms with Crippen LogP contribution in [-0.4, -0.2) is 14.6 Å². The summed E-state index contributed by atoms with van der Waals surface area (Å²) in [7, 11) is 0. The molecular formula is C15H14ClN3. The summed E-state index contributed by atoms with van der Waals surface area (Å²) < 4.78 is 1.69. The molecule has 0 atom stereocenters. The number of fused-ring (bicyclic) bond motifs is 1. The molecule has 0 radical (unpaired) electrons. The molecule has 0 amide bonds. The molecule has 0 aliphatic heterocycles. The number of aryl methyl sites for hydroxylation is 2. The fourth-order valence-electron chi connectivity index (χ4n) is 2.02. The van der Waals surface area contributed by atoms with Crippen LogP contribution < -0.4 is 0 Å². The summed E-state index contributed by atoms with van der Waals surface area (Å²) >= 11 is 6.32. The molecule has 1 aromatic carbocycles. The van der Waals surface area contributed by atoms with Gasteiger partial charge in [-0.2, -0.15) is 5.10 Å². The Morgan fingerprint density at radius 2 is 1.74 bits per heavy atom. The smallest absolute Gasteiger partial charge is 0.157 e. The van der Waals surface area contributed by atoms with Gasteiger partial charge in [-0.3, -0.25) is 0 Å². The number of hydrogen-bond acceptors (Lipinski definition) is 2. The van der Waals surface area contributed by atoms with E-state index >= 15 is 0 Å². The van der Waals surface area contributed by atoms with Crippen molar-refractivity contribution in [1.29, 1.82) is 0 Å². The monoisotopic (exact) mass is 271 g/mol. The topological polar surface area (TPSA) is 30.2 Å². The molecular weight excluding hydrogens is 258 g/mol. The quantitative estimate of drug-likeness (QED) is 0.627. The van der Waals surface area contributed by atoms with Crippen LogP contribution in [0.15, 0.2) is 30.3 Å². The first kappa shape index (κ1) is 12.2. The molecule has 3 aromatic rings. The molecule has 0 bridgehead atoms. The summed E-state index contributed by atoms with van der Waals surface area (Å²) in [6.45, 7) is 5.98. The molecule has 0 saturated heterocycles. The van der Waals surface area contributed by atoms with Crippen molar-refractivity contribution in [2.24, 2.45) is 0 Å². The Morgan fingerprint density at radius 3 is 2.42 bits per heavy atom. The van der Waals surface area contributed by atoms with E-state index in [9.17, 15) is 0 Å². The fraction of sp³-hybridized carbons (Fsp3) is 0.200. The summed E-state index contributed by atoms with van der Waals surface area (Å²) in [6, 6.07) is 10.2. The van der Waals surface area contributed by atoms with Crippen LogP contribution in [0, 0.1) is 20.8 Å². The second kappa shape index (κ2) is 4.35. The SMILES string of the molecule is Cc1ccc(-c2cc3nc(C)c(C)c(Cl)n3n2)cc1. The van der Waals surface area contributed by atoms with E-state index in [-0.39, 0.29) is 0 Å². The number of rotatable bonds is 1. The lowest BCUT2D eigenvalue weighted by atomic mass is 10.1. The van der Waals surface area contributed by atoms with Crippen molar-refractivity contribution in [3.05, 3.63) is 52.3 Å². The lowest BCUT2D eigenvalue weighted by molar-refractivity contribution is 0.919. The predicted molar refractivity (Wildman–Crippen MR) is 77.6 cm³/mol. The molecule has 0 saturated carbocycles. The number of nitrogens with zero attached hydrogens (tertiary/aromatic N) is 3. The van der Waals surface area contributed by atoms with E-state index in [1.54, 1.807) is 4.52 Å². The average Bonchev–Trinajstić information content (AvgIpc) is 2.81. The third-order valence-corrected chi connectivity index (χ3v) is 3.80. The van der Waals surface area contributed by atoms with Crippen LogP contribution in [0.2, 0.25) is 5.15 Å². The maximum absolute atomic E-state index is 6.32. The van der Waals surface area contributed by atoms with Gasteiger partial charge in [0.25, 0.3) is 0 Å². The number of halogens is 1. The Morgan fingerprint density at radius 1 is 1.05 bits per heavy atom. The van der Waals surface area contributed by atoms with Gasteiger partial charge >= 0.3 is 0 Å². The van der Waals surface area contributed by atoms with Crippen LogP contribution >= 0.6 is 11.6 Å². The van der Waals surface area contributed by atoms with Gasteiger partial charge in [-0.15, -0.1) is 0 Å². The van der Waals surface area contributed by atoms with Crippen molar-refractivity contribution in [3.63, 3.8) is 0 Å². The van der Waals surface area contributed by atoms with Gasteiger partial charge in [-0.25, -0.2) is 9.50 Å². The van der Waals surface area contributed by atoms with Crippen LogP contribution in [0.4, 0.5) is 0 Å². The predicted octanol–water partition coefficient (Wildman–Crippen LogP) is 3.97. The van der Waals surface area contributed by atoms with Gasteiger partial charge in [0.15, 0.2) is 5.65 Å². The van der Waals surface area contributed by atoms with Crippen molar-refractivity contribution < 1.29 is 0 Å². The van der Waals surface area contributed by atoms with Gasteiger partial charge in [0.05, 0.1) is 5.69 Å². The summed E-state index contributed by atoms with van der Waals surface area (Å²) in [5.41, 5.74) is 5.88. The number of hydrogen-bond donors (Lipinski definition) is 0.